The van der Waals surface area contributed by atoms with E-state index in [0.717, 1.165) is 148 Å². The number of esters is 4. The highest BCUT2D eigenvalue weighted by molar-refractivity contribution is 7.47. The van der Waals surface area contributed by atoms with Crippen molar-refractivity contribution in [2.24, 2.45) is 0 Å². The zero-order valence-corrected chi connectivity index (χ0v) is 59.0. The molecule has 0 aliphatic heterocycles. The highest BCUT2D eigenvalue weighted by Crippen LogP contribution is 2.45. The van der Waals surface area contributed by atoms with Crippen LogP contribution < -0.4 is 0 Å². The lowest BCUT2D eigenvalue weighted by atomic mass is 10.1. The van der Waals surface area contributed by atoms with Gasteiger partial charge in [-0.2, -0.15) is 0 Å². The van der Waals surface area contributed by atoms with Gasteiger partial charge in [0.15, 0.2) is 12.2 Å². The number of ether oxygens (including phenoxy) is 4. The van der Waals surface area contributed by atoms with Gasteiger partial charge in [-0.05, 0) is 122 Å². The number of allylic oxidation sites excluding steroid dienone is 17. The SMILES string of the molecule is CC/C=C\C/C=C\C/C=C\C/C=C\C/C=C\CC(=O)OCC(COP(=O)(O)OCC(O)COP(=O)(O)OCC(COC(=O)CCCCCCC/C=C\CCCC)OC(=O)CCCCCCC/C=C\CCCC)OC(=O)CCCCCCC/C=C\C/C=C\CCCCC. The first-order chi connectivity index (χ1) is 44.7. The average molecular weight is 1340 g/mol. The topological polar surface area (TPSA) is 237 Å². The number of unbranched alkanes of at least 4 members (excludes halogenated alkanes) is 22. The van der Waals surface area contributed by atoms with E-state index >= 15 is 0 Å². The van der Waals surface area contributed by atoms with Crippen molar-refractivity contribution in [2.75, 3.05) is 39.6 Å². The smallest absolute Gasteiger partial charge is 0.462 e. The number of carbonyl (C=O) groups is 4. The molecule has 17 nitrogen and oxygen atoms in total. The van der Waals surface area contributed by atoms with Crippen LogP contribution in [0.1, 0.15) is 272 Å². The van der Waals surface area contributed by atoms with Gasteiger partial charge < -0.3 is 33.8 Å². The number of aliphatic hydroxyl groups excluding tert-OH is 1. The van der Waals surface area contributed by atoms with E-state index in [0.29, 0.717) is 25.7 Å². The lowest BCUT2D eigenvalue weighted by molar-refractivity contribution is -0.161. The van der Waals surface area contributed by atoms with Crippen molar-refractivity contribution in [1.29, 1.82) is 0 Å². The Labute approximate surface area is 556 Å². The molecule has 0 rings (SSSR count). The minimum absolute atomic E-state index is 0.0579. The van der Waals surface area contributed by atoms with E-state index < -0.39 is 97.5 Å². The Hall–Kier alpha value is -4.28. The molecule has 0 saturated carbocycles. The lowest BCUT2D eigenvalue weighted by Crippen LogP contribution is -2.30. The maximum atomic E-state index is 13.0. The normalized spacial score (nSPS) is 14.7. The lowest BCUT2D eigenvalue weighted by Gasteiger charge is -2.21. The molecule has 0 heterocycles. The summed E-state index contributed by atoms with van der Waals surface area (Å²) in [4.78, 5) is 72.4. The maximum absolute atomic E-state index is 13.0. The molecule has 5 atom stereocenters. The molecule has 0 aliphatic rings. The van der Waals surface area contributed by atoms with Gasteiger partial charge >= 0.3 is 39.5 Å². The molecule has 92 heavy (non-hydrogen) atoms. The standard InChI is InChI=1S/C73H124O17P2/c1-5-9-13-17-21-25-29-31-33-35-39-42-46-50-54-58-71(76)84-64-69(90-73(78)60-56-52-48-44-40-36-34-32-30-26-22-18-14-10-6-2)66-88-92(81,82)86-62-67(74)61-85-91(79,80)87-65-68(89-72(77)59-55-51-47-43-38-28-24-20-16-12-8-4)63-83-70(75)57-53-49-45-41-37-27-23-19-15-11-7-3/h9,13,19-26,31-34,39,42,50,54,67-69,74H,5-8,10-12,14-18,27-30,35-38,40-41,43-49,51-53,55-66H2,1-4H3,(H,79,80)(H,81,82)/b13-9-,23-19-,24-20-,25-21-,26-22-,33-31-,34-32-,42-39-,54-50-. The molecule has 0 spiro atoms. The van der Waals surface area contributed by atoms with E-state index in [9.17, 15) is 43.2 Å². The highest BCUT2D eigenvalue weighted by atomic mass is 31.2. The largest absolute Gasteiger partial charge is 0.472 e. The third-order valence-corrected chi connectivity index (χ3v) is 16.1. The molecule has 0 saturated heterocycles. The second-order valence-electron chi connectivity index (χ2n) is 23.1. The van der Waals surface area contributed by atoms with Crippen LogP contribution in [0.25, 0.3) is 0 Å². The number of hydrogen-bond donors (Lipinski definition) is 3. The molecular weight excluding hydrogens is 1210 g/mol. The van der Waals surface area contributed by atoms with Crippen LogP contribution in [0.3, 0.4) is 0 Å². The van der Waals surface area contributed by atoms with Crippen LogP contribution in [0, 0.1) is 0 Å². The predicted molar refractivity (Wildman–Crippen MR) is 372 cm³/mol. The van der Waals surface area contributed by atoms with Gasteiger partial charge in [0, 0.05) is 19.3 Å². The van der Waals surface area contributed by atoms with Crippen LogP contribution in [-0.4, -0.2) is 96.7 Å². The van der Waals surface area contributed by atoms with Crippen molar-refractivity contribution in [3.05, 3.63) is 109 Å². The number of rotatable bonds is 65. The molecular formula is C73H124O17P2. The van der Waals surface area contributed by atoms with Crippen molar-refractivity contribution in [3.63, 3.8) is 0 Å². The molecule has 19 heteroatoms. The van der Waals surface area contributed by atoms with Gasteiger partial charge in [-0.25, -0.2) is 9.13 Å². The summed E-state index contributed by atoms with van der Waals surface area (Å²) in [5.74, 6) is -2.36. The fraction of sp³-hybridized carbons (Fsp3) is 0.699. The van der Waals surface area contributed by atoms with Crippen LogP contribution in [0.15, 0.2) is 109 Å². The number of phosphoric acid groups is 2. The Balaban J connectivity index is 5.42. The molecule has 0 fully saturated rings. The van der Waals surface area contributed by atoms with Gasteiger partial charge in [0.05, 0.1) is 32.8 Å². The maximum Gasteiger partial charge on any atom is 0.472 e. The number of phosphoric ester groups is 2. The van der Waals surface area contributed by atoms with Crippen LogP contribution in [-0.2, 0) is 65.4 Å². The van der Waals surface area contributed by atoms with Crippen molar-refractivity contribution in [3.8, 4) is 0 Å². The molecule has 5 unspecified atom stereocenters. The summed E-state index contributed by atoms with van der Waals surface area (Å²) in [6.45, 7) is 4.47. The Kier molecular flexibility index (Phi) is 62.3. The van der Waals surface area contributed by atoms with Gasteiger partial charge in [0.2, 0.25) is 0 Å². The van der Waals surface area contributed by atoms with Crippen LogP contribution in [0.5, 0.6) is 0 Å². The van der Waals surface area contributed by atoms with E-state index in [1.165, 1.54) is 44.9 Å². The molecule has 0 radical (unpaired) electrons. The van der Waals surface area contributed by atoms with Crippen molar-refractivity contribution >= 4 is 39.5 Å². The van der Waals surface area contributed by atoms with E-state index in [1.54, 1.807) is 6.08 Å². The molecule has 0 bridgehead atoms. The minimum atomic E-state index is -4.99. The van der Waals surface area contributed by atoms with E-state index in [4.69, 9.17) is 37.0 Å². The Bertz CT molecular complexity index is 2180. The molecule has 3 N–H and O–H groups in total. The summed E-state index contributed by atoms with van der Waals surface area (Å²) in [5, 5.41) is 10.6. The van der Waals surface area contributed by atoms with E-state index in [-0.39, 0.29) is 25.7 Å². The van der Waals surface area contributed by atoms with Crippen molar-refractivity contribution < 1.29 is 80.2 Å². The summed E-state index contributed by atoms with van der Waals surface area (Å²) in [6.07, 6.45) is 67.1. The Morgan fingerprint density at radius 1 is 0.326 bits per heavy atom. The molecule has 0 aromatic rings. The first kappa shape index (κ1) is 87.7. The summed E-state index contributed by atoms with van der Waals surface area (Å²) in [6, 6.07) is 0. The molecule has 0 aromatic heterocycles. The van der Waals surface area contributed by atoms with Gasteiger partial charge in [0.1, 0.15) is 19.3 Å². The number of carbonyl (C=O) groups excluding carboxylic acids is 4. The van der Waals surface area contributed by atoms with Crippen LogP contribution in [0.2, 0.25) is 0 Å². The fourth-order valence-corrected chi connectivity index (χ4v) is 10.4. The van der Waals surface area contributed by atoms with Crippen molar-refractivity contribution in [1.82, 2.24) is 0 Å². The Morgan fingerprint density at radius 2 is 0.620 bits per heavy atom. The minimum Gasteiger partial charge on any atom is -0.462 e. The zero-order valence-electron chi connectivity index (χ0n) is 57.2. The molecule has 528 valence electrons. The van der Waals surface area contributed by atoms with Crippen molar-refractivity contribution in [2.45, 2.75) is 290 Å². The summed E-state index contributed by atoms with van der Waals surface area (Å²) in [5.41, 5.74) is 0. The first-order valence-electron chi connectivity index (χ1n) is 35.1. The second kappa shape index (κ2) is 65.4. The molecule has 0 aromatic carbocycles. The zero-order chi connectivity index (χ0) is 67.5. The number of aliphatic hydroxyl groups is 1. The highest BCUT2D eigenvalue weighted by Gasteiger charge is 2.30. The van der Waals surface area contributed by atoms with E-state index in [1.807, 2.05) is 18.2 Å². The summed E-state index contributed by atoms with van der Waals surface area (Å²) >= 11 is 0. The monoisotopic (exact) mass is 1330 g/mol. The Morgan fingerprint density at radius 3 is 1.01 bits per heavy atom. The van der Waals surface area contributed by atoms with Gasteiger partial charge in [-0.15, -0.1) is 0 Å². The van der Waals surface area contributed by atoms with E-state index in [2.05, 4.69) is 113 Å². The molecule has 0 aliphatic carbocycles. The third kappa shape index (κ3) is 64.4. The summed E-state index contributed by atoms with van der Waals surface area (Å²) < 4.78 is 68.0. The second-order valence-corrected chi connectivity index (χ2v) is 26.0. The first-order valence-corrected chi connectivity index (χ1v) is 38.1. The van der Waals surface area contributed by atoms with Crippen LogP contribution in [0.4, 0.5) is 0 Å². The summed E-state index contributed by atoms with van der Waals surface area (Å²) in [7, 11) is -9.97. The average Bonchev–Trinajstić information content (AvgIpc) is 2.93. The van der Waals surface area contributed by atoms with Gasteiger partial charge in [-0.1, -0.05) is 233 Å². The van der Waals surface area contributed by atoms with Gasteiger partial charge in [0.25, 0.3) is 0 Å². The number of hydrogen-bond acceptors (Lipinski definition) is 15. The van der Waals surface area contributed by atoms with Gasteiger partial charge in [-0.3, -0.25) is 37.3 Å². The fourth-order valence-electron chi connectivity index (χ4n) is 8.81. The third-order valence-electron chi connectivity index (χ3n) is 14.2. The quantitative estimate of drug-likeness (QED) is 0.0169. The van der Waals surface area contributed by atoms with Crippen LogP contribution >= 0.6 is 15.6 Å². The molecule has 0 amide bonds. The predicted octanol–water partition coefficient (Wildman–Crippen LogP) is 19.4.